The third kappa shape index (κ3) is 4.03. The second-order valence-electron chi connectivity index (χ2n) is 8.30. The first kappa shape index (κ1) is 22.6. The van der Waals surface area contributed by atoms with Crippen LogP contribution in [-0.2, 0) is 14.4 Å². The van der Waals surface area contributed by atoms with E-state index >= 15 is 0 Å². The fraction of sp³-hybridized carbons (Fsp3) is 0.591. The van der Waals surface area contributed by atoms with Gasteiger partial charge in [0.15, 0.2) is 6.04 Å². The number of hydrogen-bond acceptors (Lipinski definition) is 4. The largest absolute Gasteiger partial charge is 0.497 e. The average Bonchev–Trinajstić information content (AvgIpc) is 3.07. The van der Waals surface area contributed by atoms with E-state index in [0.29, 0.717) is 32.4 Å². The van der Waals surface area contributed by atoms with Crippen molar-refractivity contribution in [1.82, 2.24) is 0 Å². The molecule has 3 atom stereocenters. The Morgan fingerprint density at radius 2 is 1.79 bits per heavy atom. The molecular formula is C22H32NO4S+. The van der Waals surface area contributed by atoms with Crippen molar-refractivity contribution in [2.24, 2.45) is 5.41 Å². The fourth-order valence-electron chi connectivity index (χ4n) is 4.23. The highest BCUT2D eigenvalue weighted by Gasteiger charge is 2.58. The van der Waals surface area contributed by atoms with Crippen LogP contribution in [0.2, 0.25) is 0 Å². The van der Waals surface area contributed by atoms with Gasteiger partial charge in [-0.1, -0.05) is 52.5 Å². The van der Waals surface area contributed by atoms with Crippen LogP contribution in [-0.4, -0.2) is 47.5 Å². The van der Waals surface area contributed by atoms with E-state index in [-0.39, 0.29) is 15.5 Å². The lowest BCUT2D eigenvalue weighted by molar-refractivity contribution is -0.854. The molecular weight excluding hydrogens is 374 g/mol. The summed E-state index contributed by atoms with van der Waals surface area (Å²) in [7, 11) is 1.60. The third-order valence-corrected chi connectivity index (χ3v) is 6.53. The quantitative estimate of drug-likeness (QED) is 0.406. The van der Waals surface area contributed by atoms with E-state index < -0.39 is 23.1 Å². The number of amides is 1. The summed E-state index contributed by atoms with van der Waals surface area (Å²) in [6.45, 7) is 8.42. The molecule has 5 nitrogen and oxygen atoms in total. The van der Waals surface area contributed by atoms with E-state index in [1.54, 1.807) is 21.0 Å². The first-order valence-corrected chi connectivity index (χ1v) is 10.4. The normalized spacial score (nSPS) is 24.8. The van der Waals surface area contributed by atoms with Crippen molar-refractivity contribution < 1.29 is 23.6 Å². The lowest BCUT2D eigenvalue weighted by atomic mass is 9.83. The number of thiol groups is 1. The monoisotopic (exact) mass is 406 g/mol. The molecule has 0 N–H and O–H groups in total. The highest BCUT2D eigenvalue weighted by molar-refractivity contribution is 7.96. The van der Waals surface area contributed by atoms with E-state index in [0.717, 1.165) is 11.3 Å². The molecule has 1 aliphatic heterocycles. The topological polar surface area (TPSA) is 60.4 Å². The lowest BCUT2D eigenvalue weighted by Crippen LogP contribution is -2.63. The Morgan fingerprint density at radius 3 is 2.25 bits per heavy atom. The molecule has 0 saturated carbocycles. The molecule has 1 aromatic rings. The molecule has 1 aromatic carbocycles. The second-order valence-corrected chi connectivity index (χ2v) is 8.75. The minimum atomic E-state index is -0.738. The van der Waals surface area contributed by atoms with E-state index in [4.69, 9.17) is 4.74 Å². The number of ether oxygens (including phenoxy) is 1. The molecule has 154 valence electrons. The summed E-state index contributed by atoms with van der Waals surface area (Å²) in [5.41, 5.74) is 0.234. The van der Waals surface area contributed by atoms with Gasteiger partial charge in [-0.2, -0.15) is 0 Å². The van der Waals surface area contributed by atoms with Crippen LogP contribution in [0.4, 0.5) is 0 Å². The Morgan fingerprint density at radius 1 is 1.18 bits per heavy atom. The van der Waals surface area contributed by atoms with Crippen molar-refractivity contribution in [3.8, 4) is 5.75 Å². The minimum Gasteiger partial charge on any atom is -0.497 e. The zero-order chi connectivity index (χ0) is 21.1. The molecule has 1 fully saturated rings. The zero-order valence-corrected chi connectivity index (χ0v) is 18.4. The Bertz CT molecular complexity index is 743. The number of quaternary nitrogens is 1. The Balaban J connectivity index is 2.49. The number of ketones is 1. The standard InChI is InChI=1S/C22H31NO4S/c1-6-13-23(20(25)19(24)22(3,4)7-2)14-12-17(18(23)21(26)28)15-8-10-16(27-5)11-9-15/h8-11,17-18H,6-7,12-14H2,1-5H3/p+1/t17?,18-,23?/m0/s1. The SMILES string of the molecule is CCC[N+]1(C(=O)C(=O)C(C)(C)CC)CCC(c2ccc(OC)cc2)[C@H]1C(=O)S. The number of likely N-dealkylation sites (tertiary alicyclic amines) is 1. The summed E-state index contributed by atoms with van der Waals surface area (Å²) in [6.07, 6.45) is 1.94. The van der Waals surface area contributed by atoms with Crippen molar-refractivity contribution in [3.05, 3.63) is 29.8 Å². The molecule has 28 heavy (non-hydrogen) atoms. The van der Waals surface area contributed by atoms with Crippen LogP contribution in [0.1, 0.15) is 58.4 Å². The van der Waals surface area contributed by atoms with Gasteiger partial charge in [-0.05, 0) is 30.5 Å². The third-order valence-electron chi connectivity index (χ3n) is 6.27. The van der Waals surface area contributed by atoms with Crippen LogP contribution >= 0.6 is 12.6 Å². The zero-order valence-electron chi connectivity index (χ0n) is 17.5. The van der Waals surface area contributed by atoms with Crippen LogP contribution in [0.25, 0.3) is 0 Å². The van der Waals surface area contributed by atoms with Crippen LogP contribution in [0.3, 0.4) is 0 Å². The van der Waals surface area contributed by atoms with Crippen molar-refractivity contribution in [2.45, 2.75) is 58.9 Å². The van der Waals surface area contributed by atoms with Gasteiger partial charge in [0.05, 0.1) is 26.1 Å². The summed E-state index contributed by atoms with van der Waals surface area (Å²) in [5.74, 6) is -0.250. The van der Waals surface area contributed by atoms with Crippen LogP contribution in [0.15, 0.2) is 24.3 Å². The van der Waals surface area contributed by atoms with Crippen molar-refractivity contribution >= 4 is 29.4 Å². The van der Waals surface area contributed by atoms with Gasteiger partial charge in [0, 0.05) is 11.8 Å². The van der Waals surface area contributed by atoms with Gasteiger partial charge >= 0.3 is 5.91 Å². The number of carbonyl (C=O) groups is 3. The molecule has 2 rings (SSSR count). The number of benzene rings is 1. The van der Waals surface area contributed by atoms with Crippen molar-refractivity contribution in [2.75, 3.05) is 20.2 Å². The fourth-order valence-corrected chi connectivity index (χ4v) is 4.63. The first-order valence-electron chi connectivity index (χ1n) is 9.97. The summed E-state index contributed by atoms with van der Waals surface area (Å²) in [5, 5.41) is -0.331. The summed E-state index contributed by atoms with van der Waals surface area (Å²) < 4.78 is 5.11. The predicted molar refractivity (Wildman–Crippen MR) is 113 cm³/mol. The molecule has 6 heteroatoms. The first-order chi connectivity index (χ1) is 13.1. The highest BCUT2D eigenvalue weighted by Crippen LogP contribution is 2.42. The maximum Gasteiger partial charge on any atom is 0.382 e. The van der Waals surface area contributed by atoms with Crippen molar-refractivity contribution in [1.29, 1.82) is 0 Å². The average molecular weight is 407 g/mol. The van der Waals surface area contributed by atoms with Gasteiger partial charge in [0.25, 0.3) is 5.78 Å². The smallest absolute Gasteiger partial charge is 0.382 e. The number of nitrogens with zero attached hydrogens (tertiary/aromatic N) is 1. The van der Waals surface area contributed by atoms with Gasteiger partial charge in [-0.15, -0.1) is 0 Å². The molecule has 0 bridgehead atoms. The summed E-state index contributed by atoms with van der Waals surface area (Å²) in [6, 6.07) is 6.92. The number of hydrogen-bond donors (Lipinski definition) is 1. The molecule has 2 unspecified atom stereocenters. The Hall–Kier alpha value is -1.66. The van der Waals surface area contributed by atoms with Crippen molar-refractivity contribution in [3.63, 3.8) is 0 Å². The number of carbonyl (C=O) groups excluding carboxylic acids is 3. The Kier molecular flexibility index (Phi) is 7.10. The number of Topliss-reactive ketones (excluding diaryl/α,β-unsaturated/α-hetero) is 1. The van der Waals surface area contributed by atoms with Gasteiger partial charge in [0.1, 0.15) is 5.75 Å². The van der Waals surface area contributed by atoms with Crippen LogP contribution in [0, 0.1) is 5.41 Å². The number of rotatable bonds is 8. The summed E-state index contributed by atoms with van der Waals surface area (Å²) in [4.78, 5) is 39.2. The Labute approximate surface area is 173 Å². The van der Waals surface area contributed by atoms with E-state index in [9.17, 15) is 14.4 Å². The molecule has 1 aliphatic rings. The predicted octanol–water partition coefficient (Wildman–Crippen LogP) is 3.77. The molecule has 1 saturated heterocycles. The molecule has 0 spiro atoms. The van der Waals surface area contributed by atoms with E-state index in [1.807, 2.05) is 38.1 Å². The molecule has 0 aliphatic carbocycles. The minimum absolute atomic E-state index is 0.113. The maximum absolute atomic E-state index is 13.5. The number of methoxy groups -OCH3 is 1. The van der Waals surface area contributed by atoms with Crippen LogP contribution < -0.4 is 4.74 Å². The molecule has 0 aromatic heterocycles. The lowest BCUT2D eigenvalue weighted by Gasteiger charge is -2.38. The van der Waals surface area contributed by atoms with Crippen LogP contribution in [0.5, 0.6) is 5.75 Å². The van der Waals surface area contributed by atoms with E-state index in [2.05, 4.69) is 12.6 Å². The molecule has 1 heterocycles. The van der Waals surface area contributed by atoms with Gasteiger partial charge in [0.2, 0.25) is 5.12 Å². The van der Waals surface area contributed by atoms with Gasteiger partial charge in [-0.25, -0.2) is 9.28 Å². The van der Waals surface area contributed by atoms with E-state index in [1.165, 1.54) is 0 Å². The molecule has 0 radical (unpaired) electrons. The highest BCUT2D eigenvalue weighted by atomic mass is 32.1. The van der Waals surface area contributed by atoms with Gasteiger partial charge < -0.3 is 4.74 Å². The maximum atomic E-state index is 13.5. The molecule has 1 amide bonds. The summed E-state index contributed by atoms with van der Waals surface area (Å²) >= 11 is 4.16. The second kappa shape index (κ2) is 8.78. The van der Waals surface area contributed by atoms with Gasteiger partial charge in [-0.3, -0.25) is 9.59 Å².